The third-order valence-corrected chi connectivity index (χ3v) is 19.8. The molecule has 0 spiro atoms. The van der Waals surface area contributed by atoms with E-state index >= 15 is 0 Å². The van der Waals surface area contributed by atoms with Crippen LogP contribution in [0.5, 0.6) is 5.75 Å². The number of sulfonamides is 1. The molecular formula is C58H66F3N3O6S. The topological polar surface area (TPSA) is 156 Å². The average molecular weight is 990 g/mol. The Balaban J connectivity index is 0.000000132. The van der Waals surface area contributed by atoms with Crippen LogP contribution in [0.15, 0.2) is 89.3 Å². The first-order chi connectivity index (χ1) is 33.6. The van der Waals surface area contributed by atoms with E-state index in [2.05, 4.69) is 36.9 Å². The zero-order valence-electron chi connectivity index (χ0n) is 40.9. The van der Waals surface area contributed by atoms with E-state index < -0.39 is 33.1 Å². The lowest BCUT2D eigenvalue weighted by molar-refractivity contribution is -0.141. The summed E-state index contributed by atoms with van der Waals surface area (Å²) in [5, 5.41) is 40.4. The Bertz CT molecular complexity index is 2920. The second kappa shape index (κ2) is 18.7. The second-order valence-corrected chi connectivity index (χ2v) is 23.5. The number of nitrogens with two attached hydrogens (primary N) is 1. The lowest BCUT2D eigenvalue weighted by Gasteiger charge is -2.55. The van der Waals surface area contributed by atoms with Crippen LogP contribution >= 0.6 is 0 Å². The average Bonchev–Trinajstić information content (AvgIpc) is 4.02. The molecular weight excluding hydrogens is 924 g/mol. The number of carbonyl (C=O) groups excluding carboxylic acids is 1. The molecule has 1 heterocycles. The van der Waals surface area contributed by atoms with Crippen LogP contribution in [0.3, 0.4) is 0 Å². The maximum atomic E-state index is 13.1. The normalized spacial score (nSPS) is 33.6. The fourth-order valence-corrected chi connectivity index (χ4v) is 15.7. The fraction of sp³-hybridized carbons (Fsp3) is 0.517. The summed E-state index contributed by atoms with van der Waals surface area (Å²) in [5.74, 6) is 10.5. The molecule has 7 aliphatic carbocycles. The first-order valence-electron chi connectivity index (χ1n) is 25.4. The zero-order chi connectivity index (χ0) is 50.9. The van der Waals surface area contributed by atoms with Crippen LogP contribution in [0.4, 0.5) is 13.2 Å². The van der Waals surface area contributed by atoms with Gasteiger partial charge >= 0.3 is 6.18 Å². The SMILES string of the molecule is C#C[C@]1(O)CC[C@H]2[C@@H]3CCC4=CC(=O)CC[C@@H]4[C@H]3CC[C@@]21CC.C#C[C@]1(O)CC[C@H]2[C@@H]3CCc4cc(O)ccc4[C@H]3CC[C@@]21C.Cc1ccc(-c2cc(C(F)(F)F)nn2-c2ccc(S(N)(=O)=O)cc2)cc1. The highest BCUT2D eigenvalue weighted by atomic mass is 32.2. The molecule has 0 radical (unpaired) electrons. The number of hydrogen-bond acceptors (Lipinski definition) is 7. The number of fused-ring (bicyclic) bond motifs is 10. The number of allylic oxidation sites excluding steroid dienone is 1. The summed E-state index contributed by atoms with van der Waals surface area (Å²) in [5.41, 5.74) is 3.16. The maximum Gasteiger partial charge on any atom is 0.435 e. The van der Waals surface area contributed by atoms with Crippen molar-refractivity contribution in [2.75, 3.05) is 0 Å². The Labute approximate surface area is 416 Å². The first kappa shape index (κ1) is 50.7. The Morgan fingerprint density at radius 1 is 0.789 bits per heavy atom. The molecule has 71 heavy (non-hydrogen) atoms. The largest absolute Gasteiger partial charge is 0.508 e. The number of terminal acetylenes is 2. The van der Waals surface area contributed by atoms with Crippen LogP contribution < -0.4 is 5.14 Å². The minimum atomic E-state index is -4.61. The predicted octanol–water partition coefficient (Wildman–Crippen LogP) is 11.0. The van der Waals surface area contributed by atoms with Crippen LogP contribution in [0.25, 0.3) is 16.9 Å². The van der Waals surface area contributed by atoms with Gasteiger partial charge in [0.05, 0.1) is 16.3 Å². The molecule has 7 aliphatic rings. The number of ketones is 1. The Morgan fingerprint density at radius 2 is 1.46 bits per heavy atom. The summed E-state index contributed by atoms with van der Waals surface area (Å²) in [6.45, 7) is 6.30. The Kier molecular flexibility index (Phi) is 13.4. The highest BCUT2D eigenvalue weighted by Gasteiger charge is 2.64. The molecule has 5 fully saturated rings. The van der Waals surface area contributed by atoms with E-state index in [0.717, 1.165) is 99.8 Å². The molecule has 11 rings (SSSR count). The molecule has 13 heteroatoms. The predicted molar refractivity (Wildman–Crippen MR) is 267 cm³/mol. The standard InChI is InChI=1S/C21H28O2.C20H24O2.C17H14F3N3O2S/c1-3-20-11-9-17-16-8-6-15(22)13-14(16)5-7-18(17)19(20)10-12-21(20,23)4-2;1-3-20(22)11-9-18-17-6-4-13-12-14(21)5-7-15(13)16(17)8-10-19(18,20)2;1-11-2-4-12(5-3-11)15-10-16(17(18,19)20)22-23(15)13-6-8-14(9-7-13)26(21,24)25/h2,13,16-19,23H,3,5-12H2,1H3;1,5,7,12,16-18,21-22H,4,6,8-11H2,2H3;2-10H,1H3,(H2,21,24,25)/t16-,17+,18+,19-,20-,21-;16-,17-,18+,19+,20+;/m01./s1. The van der Waals surface area contributed by atoms with Crippen molar-refractivity contribution in [3.05, 3.63) is 107 Å². The van der Waals surface area contributed by atoms with Gasteiger partial charge < -0.3 is 15.3 Å². The van der Waals surface area contributed by atoms with Gasteiger partial charge in [-0.05, 0) is 198 Å². The maximum absolute atomic E-state index is 13.1. The third-order valence-electron chi connectivity index (χ3n) is 18.9. The smallest absolute Gasteiger partial charge is 0.435 e. The number of carbonyl (C=O) groups is 1. The van der Waals surface area contributed by atoms with E-state index in [0.29, 0.717) is 58.5 Å². The van der Waals surface area contributed by atoms with Crippen molar-refractivity contribution in [2.45, 2.75) is 145 Å². The molecule has 0 amide bonds. The number of aromatic nitrogens is 2. The lowest BCUT2D eigenvalue weighted by atomic mass is 9.49. The highest BCUT2D eigenvalue weighted by molar-refractivity contribution is 7.89. The summed E-state index contributed by atoms with van der Waals surface area (Å²) in [7, 11) is -3.90. The van der Waals surface area contributed by atoms with Crippen molar-refractivity contribution in [1.29, 1.82) is 0 Å². The molecule has 1 aromatic heterocycles. The molecule has 5 saturated carbocycles. The summed E-state index contributed by atoms with van der Waals surface area (Å²) in [4.78, 5) is 11.6. The number of aromatic hydroxyl groups is 1. The van der Waals surface area contributed by atoms with Crippen LogP contribution in [-0.4, -0.2) is 50.5 Å². The van der Waals surface area contributed by atoms with Crippen LogP contribution in [0, 0.1) is 77.9 Å². The summed E-state index contributed by atoms with van der Waals surface area (Å²) >= 11 is 0. The van der Waals surface area contributed by atoms with E-state index in [1.54, 1.807) is 24.3 Å². The molecule has 0 unspecified atom stereocenters. The summed E-state index contributed by atoms with van der Waals surface area (Å²) < 4.78 is 63.2. The van der Waals surface area contributed by atoms with Gasteiger partial charge in [0.2, 0.25) is 10.0 Å². The van der Waals surface area contributed by atoms with Crippen molar-refractivity contribution in [3.63, 3.8) is 0 Å². The number of rotatable bonds is 4. The van der Waals surface area contributed by atoms with Crippen molar-refractivity contribution < 1.29 is 41.7 Å². The molecule has 3 aromatic carbocycles. The minimum absolute atomic E-state index is 0.0609. The summed E-state index contributed by atoms with van der Waals surface area (Å²) in [6.07, 6.45) is 24.1. The molecule has 0 aliphatic heterocycles. The minimum Gasteiger partial charge on any atom is -0.508 e. The number of benzene rings is 3. The quantitative estimate of drug-likeness (QED) is 0.148. The number of aryl methyl sites for hydroxylation is 2. The van der Waals surface area contributed by atoms with Crippen molar-refractivity contribution in [1.82, 2.24) is 9.78 Å². The van der Waals surface area contributed by atoms with Crippen molar-refractivity contribution in [2.24, 2.45) is 51.5 Å². The number of hydrogen-bond donors (Lipinski definition) is 4. The fourth-order valence-electron chi connectivity index (χ4n) is 15.2. The van der Waals surface area contributed by atoms with E-state index in [1.165, 1.54) is 53.8 Å². The van der Waals surface area contributed by atoms with Gasteiger partial charge in [-0.15, -0.1) is 12.8 Å². The number of primary sulfonamides is 1. The number of aliphatic hydroxyl groups is 2. The van der Waals surface area contributed by atoms with Crippen LogP contribution in [0.1, 0.15) is 132 Å². The molecule has 0 saturated heterocycles. The Hall–Kier alpha value is -5.18. The number of phenols is 1. The van der Waals surface area contributed by atoms with Crippen molar-refractivity contribution in [3.8, 4) is 47.4 Å². The lowest BCUT2D eigenvalue weighted by Crippen LogP contribution is -2.53. The van der Waals surface area contributed by atoms with E-state index in [-0.39, 0.29) is 27.1 Å². The van der Waals surface area contributed by atoms with Gasteiger partial charge in [0.25, 0.3) is 0 Å². The van der Waals surface area contributed by atoms with Gasteiger partial charge in [-0.2, -0.15) is 18.3 Å². The van der Waals surface area contributed by atoms with Crippen molar-refractivity contribution >= 4 is 15.8 Å². The Morgan fingerprint density at radius 3 is 2.13 bits per heavy atom. The van der Waals surface area contributed by atoms with Gasteiger partial charge in [-0.3, -0.25) is 4.79 Å². The summed E-state index contributed by atoms with van der Waals surface area (Å²) in [6, 6.07) is 18.9. The molecule has 5 N–H and O–H groups in total. The van der Waals surface area contributed by atoms with Gasteiger partial charge in [0.15, 0.2) is 11.5 Å². The second-order valence-electron chi connectivity index (χ2n) is 21.9. The van der Waals surface area contributed by atoms with E-state index in [1.807, 2.05) is 25.1 Å². The number of phenolic OH excluding ortho intramolecular Hbond substituents is 1. The highest BCUT2D eigenvalue weighted by Crippen LogP contribution is 2.67. The van der Waals surface area contributed by atoms with Gasteiger partial charge in [-0.25, -0.2) is 18.2 Å². The van der Waals surface area contributed by atoms with Gasteiger partial charge in [0.1, 0.15) is 17.0 Å². The molecule has 9 nitrogen and oxygen atoms in total. The number of halogens is 3. The zero-order valence-corrected chi connectivity index (χ0v) is 41.7. The van der Waals surface area contributed by atoms with E-state index in [9.17, 15) is 41.7 Å². The third kappa shape index (κ3) is 8.87. The molecule has 0 bridgehead atoms. The van der Waals surface area contributed by atoms with E-state index in [4.69, 9.17) is 18.0 Å². The molecule has 11 atom stereocenters. The van der Waals surface area contributed by atoms with Gasteiger partial charge in [-0.1, -0.05) is 67.2 Å². The van der Waals surface area contributed by atoms with Crippen LogP contribution in [-0.2, 0) is 27.4 Å². The monoisotopic (exact) mass is 989 g/mol. The number of nitrogens with zero attached hydrogens (tertiary/aromatic N) is 2. The first-order valence-corrected chi connectivity index (χ1v) is 27.0. The van der Waals surface area contributed by atoms with Crippen LogP contribution in [0.2, 0.25) is 0 Å². The molecule has 376 valence electrons. The van der Waals surface area contributed by atoms with Gasteiger partial charge in [0, 0.05) is 22.8 Å². The molecule has 4 aromatic rings. The number of alkyl halides is 3.